The van der Waals surface area contributed by atoms with E-state index in [1.807, 2.05) is 12.1 Å². The number of nitrogens with zero attached hydrogens (tertiary/aromatic N) is 1. The van der Waals surface area contributed by atoms with E-state index in [1.165, 1.54) is 12.1 Å². The van der Waals surface area contributed by atoms with Crippen molar-refractivity contribution in [1.82, 2.24) is 4.90 Å². The number of amides is 1. The van der Waals surface area contributed by atoms with Crippen LogP contribution in [-0.4, -0.2) is 49.3 Å². The third-order valence-corrected chi connectivity index (χ3v) is 4.82. The quantitative estimate of drug-likeness (QED) is 0.770. The van der Waals surface area contributed by atoms with Crippen molar-refractivity contribution in [3.05, 3.63) is 53.6 Å². The molecule has 0 aliphatic carbocycles. The highest BCUT2D eigenvalue weighted by Crippen LogP contribution is 2.38. The highest BCUT2D eigenvalue weighted by Gasteiger charge is 2.32. The van der Waals surface area contributed by atoms with Crippen molar-refractivity contribution in [2.24, 2.45) is 0 Å². The number of methoxy groups -OCH3 is 2. The van der Waals surface area contributed by atoms with Crippen molar-refractivity contribution in [2.45, 2.75) is 18.9 Å². The second-order valence-electron chi connectivity index (χ2n) is 6.45. The fraction of sp³-hybridized carbons (Fsp3) is 0.333. The van der Waals surface area contributed by atoms with Gasteiger partial charge in [-0.3, -0.25) is 4.79 Å². The van der Waals surface area contributed by atoms with Crippen LogP contribution < -0.4 is 9.47 Å². The Morgan fingerprint density at radius 2 is 1.93 bits per heavy atom. The van der Waals surface area contributed by atoms with E-state index >= 15 is 0 Å². The summed E-state index contributed by atoms with van der Waals surface area (Å²) in [6.45, 7) is 0.175. The molecule has 1 atom stereocenters. The van der Waals surface area contributed by atoms with Gasteiger partial charge in [0.25, 0.3) is 5.91 Å². The van der Waals surface area contributed by atoms with E-state index in [-0.39, 0.29) is 23.3 Å². The van der Waals surface area contributed by atoms with Crippen LogP contribution in [0.25, 0.3) is 0 Å². The van der Waals surface area contributed by atoms with Gasteiger partial charge in [-0.25, -0.2) is 4.79 Å². The molecule has 0 aromatic heterocycles. The summed E-state index contributed by atoms with van der Waals surface area (Å²) < 4.78 is 15.9. The van der Waals surface area contributed by atoms with E-state index in [0.29, 0.717) is 18.0 Å². The number of carbonyl (C=O) groups is 2. The predicted octanol–water partition coefficient (Wildman–Crippen LogP) is 2.93. The highest BCUT2D eigenvalue weighted by atomic mass is 16.5. The average molecular weight is 385 g/mol. The number of ether oxygens (including phenoxy) is 3. The van der Waals surface area contributed by atoms with E-state index in [4.69, 9.17) is 14.2 Å². The average Bonchev–Trinajstić information content (AvgIpc) is 3.21. The van der Waals surface area contributed by atoms with Gasteiger partial charge >= 0.3 is 5.97 Å². The molecule has 0 unspecified atom stereocenters. The van der Waals surface area contributed by atoms with Crippen molar-refractivity contribution in [3.8, 4) is 17.2 Å². The van der Waals surface area contributed by atoms with E-state index in [2.05, 4.69) is 0 Å². The molecule has 1 aliphatic rings. The summed E-state index contributed by atoms with van der Waals surface area (Å²) in [5, 5.41) is 9.73. The van der Waals surface area contributed by atoms with E-state index in [1.54, 1.807) is 37.3 Å². The lowest BCUT2D eigenvalue weighted by Gasteiger charge is -2.26. The summed E-state index contributed by atoms with van der Waals surface area (Å²) in [4.78, 5) is 26.5. The molecule has 2 aromatic carbocycles. The third-order valence-electron chi connectivity index (χ3n) is 4.82. The second-order valence-corrected chi connectivity index (χ2v) is 6.45. The molecule has 28 heavy (non-hydrogen) atoms. The molecule has 148 valence electrons. The first-order chi connectivity index (χ1) is 13.5. The van der Waals surface area contributed by atoms with Gasteiger partial charge in [-0.1, -0.05) is 12.1 Å². The number of likely N-dealkylation sites (tertiary alicyclic amines) is 1. The largest absolute Gasteiger partial charge is 0.507 e. The Labute approximate surface area is 163 Å². The van der Waals surface area contributed by atoms with Crippen molar-refractivity contribution < 1.29 is 28.9 Å². The van der Waals surface area contributed by atoms with Crippen LogP contribution in [-0.2, 0) is 9.53 Å². The maximum absolute atomic E-state index is 12.7. The number of hydrogen-bond acceptors (Lipinski definition) is 6. The Morgan fingerprint density at radius 1 is 1.14 bits per heavy atom. The van der Waals surface area contributed by atoms with Crippen LogP contribution in [0.2, 0.25) is 0 Å². The van der Waals surface area contributed by atoms with Crippen LogP contribution in [0.15, 0.2) is 42.5 Å². The molecule has 1 fully saturated rings. The first kappa shape index (κ1) is 19.5. The van der Waals surface area contributed by atoms with Crippen LogP contribution in [0.4, 0.5) is 0 Å². The molecular formula is C21H23NO6. The van der Waals surface area contributed by atoms with Crippen LogP contribution in [0.5, 0.6) is 17.2 Å². The molecule has 0 bridgehead atoms. The zero-order valence-electron chi connectivity index (χ0n) is 15.9. The number of phenolic OH excluding ortho intramolecular Hbond substituents is 1. The van der Waals surface area contributed by atoms with Gasteiger partial charge in [0.1, 0.15) is 22.8 Å². The van der Waals surface area contributed by atoms with E-state index in [0.717, 1.165) is 18.4 Å². The maximum Gasteiger partial charge on any atom is 0.342 e. The maximum atomic E-state index is 12.7. The lowest BCUT2D eigenvalue weighted by molar-refractivity contribution is -0.135. The number of rotatable bonds is 6. The summed E-state index contributed by atoms with van der Waals surface area (Å²) >= 11 is 0. The Hall–Kier alpha value is -3.22. The zero-order valence-corrected chi connectivity index (χ0v) is 15.9. The molecule has 3 rings (SSSR count). The minimum Gasteiger partial charge on any atom is -0.507 e. The summed E-state index contributed by atoms with van der Waals surface area (Å²) in [6, 6.07) is 11.4. The van der Waals surface area contributed by atoms with Gasteiger partial charge in [-0.15, -0.1) is 0 Å². The van der Waals surface area contributed by atoms with Crippen molar-refractivity contribution in [3.63, 3.8) is 0 Å². The SMILES string of the molecule is COc1ccc(OC)c([C@H]2CCCN2C(=O)COC(=O)c2ccccc2O)c1. The molecule has 1 N–H and O–H groups in total. The van der Waals surface area contributed by atoms with Crippen LogP contribution in [0.1, 0.15) is 34.8 Å². The molecule has 1 heterocycles. The molecule has 1 aliphatic heterocycles. The molecule has 0 saturated carbocycles. The van der Waals surface area contributed by atoms with E-state index in [9.17, 15) is 14.7 Å². The van der Waals surface area contributed by atoms with Crippen molar-refractivity contribution >= 4 is 11.9 Å². The fourth-order valence-corrected chi connectivity index (χ4v) is 3.42. The number of esters is 1. The number of phenols is 1. The van der Waals surface area contributed by atoms with Crippen molar-refractivity contribution in [1.29, 1.82) is 0 Å². The molecule has 7 heteroatoms. The molecule has 2 aromatic rings. The minimum atomic E-state index is -0.735. The normalized spacial score (nSPS) is 15.9. The summed E-state index contributed by atoms with van der Waals surface area (Å²) in [5.41, 5.74) is 0.891. The van der Waals surface area contributed by atoms with Gasteiger partial charge < -0.3 is 24.2 Å². The molecule has 1 amide bonds. The Kier molecular flexibility index (Phi) is 6.03. The van der Waals surface area contributed by atoms with Gasteiger partial charge in [0.2, 0.25) is 0 Å². The van der Waals surface area contributed by atoms with Crippen LogP contribution in [0, 0.1) is 0 Å². The molecular weight excluding hydrogens is 362 g/mol. The number of para-hydroxylation sites is 1. The number of hydrogen-bond donors (Lipinski definition) is 1. The lowest BCUT2D eigenvalue weighted by atomic mass is 10.0. The number of benzene rings is 2. The standard InChI is InChI=1S/C21H23NO6/c1-26-14-9-10-19(27-2)16(12-14)17-7-5-11-22(17)20(24)13-28-21(25)15-6-3-4-8-18(15)23/h3-4,6,8-10,12,17,23H,5,7,11,13H2,1-2H3/t17-/m1/s1. The molecule has 1 saturated heterocycles. The molecule has 0 radical (unpaired) electrons. The lowest BCUT2D eigenvalue weighted by Crippen LogP contribution is -2.34. The Balaban J connectivity index is 1.72. The monoisotopic (exact) mass is 385 g/mol. The van der Waals surface area contributed by atoms with Gasteiger partial charge in [-0.05, 0) is 43.2 Å². The molecule has 7 nitrogen and oxygen atoms in total. The topological polar surface area (TPSA) is 85.3 Å². The van der Waals surface area contributed by atoms with Gasteiger partial charge in [0.05, 0.1) is 20.3 Å². The van der Waals surface area contributed by atoms with E-state index < -0.39 is 12.6 Å². The second kappa shape index (κ2) is 8.65. The third kappa shape index (κ3) is 4.03. The number of carbonyl (C=O) groups excluding carboxylic acids is 2. The van der Waals surface area contributed by atoms with Crippen LogP contribution in [0.3, 0.4) is 0 Å². The minimum absolute atomic E-state index is 0.0303. The summed E-state index contributed by atoms with van der Waals surface area (Å²) in [5.74, 6) is 0.148. The molecule has 0 spiro atoms. The van der Waals surface area contributed by atoms with Gasteiger partial charge in [0.15, 0.2) is 6.61 Å². The first-order valence-corrected chi connectivity index (χ1v) is 9.01. The smallest absolute Gasteiger partial charge is 0.342 e. The van der Waals surface area contributed by atoms with Crippen molar-refractivity contribution in [2.75, 3.05) is 27.4 Å². The summed E-state index contributed by atoms with van der Waals surface area (Å²) in [7, 11) is 3.17. The summed E-state index contributed by atoms with van der Waals surface area (Å²) in [6.07, 6.45) is 1.62. The fourth-order valence-electron chi connectivity index (χ4n) is 3.42. The Bertz CT molecular complexity index is 866. The zero-order chi connectivity index (χ0) is 20.1. The predicted molar refractivity (Wildman–Crippen MR) is 102 cm³/mol. The Morgan fingerprint density at radius 3 is 2.64 bits per heavy atom. The first-order valence-electron chi connectivity index (χ1n) is 9.01. The van der Waals surface area contributed by atoms with Gasteiger partial charge in [0, 0.05) is 12.1 Å². The van der Waals surface area contributed by atoms with Crippen LogP contribution >= 0.6 is 0 Å². The number of aromatic hydroxyl groups is 1. The highest BCUT2D eigenvalue weighted by molar-refractivity contribution is 5.93. The van der Waals surface area contributed by atoms with Gasteiger partial charge in [-0.2, -0.15) is 0 Å².